The summed E-state index contributed by atoms with van der Waals surface area (Å²) in [6.45, 7) is -2.27. The highest BCUT2D eigenvalue weighted by molar-refractivity contribution is 5.87. The minimum absolute atomic E-state index is 0.114. The number of piperidine rings is 1. The second-order valence-electron chi connectivity index (χ2n) is 9.85. The van der Waals surface area contributed by atoms with Gasteiger partial charge in [-0.3, -0.25) is 14.3 Å². The molecule has 0 spiro atoms. The standard InChI is InChI=1S/C26H27F5N6O3/c27-18-4-1-3-17(21(18)28)15-6-7-19(23(38)36(13-15)14-26(29,30)31)33-24(39)35-11-8-16(9-12-35)37-20-5-2-10-32-22(20)34-25(37)40/h1-5,10,15-16,19H,6-9,11-14H2,(H,33,39)(H,32,34,40)/t15-,19-/m1/s1/i7D2. The Bertz CT molecular complexity index is 1550. The molecule has 4 heterocycles. The number of nitrogens with one attached hydrogen (secondary N) is 2. The number of urea groups is 1. The average molecular weight is 569 g/mol. The first kappa shape index (κ1) is 25.0. The number of likely N-dealkylation sites (tertiary alicyclic amines) is 2. The van der Waals surface area contributed by atoms with E-state index in [0.717, 1.165) is 18.2 Å². The van der Waals surface area contributed by atoms with E-state index in [0.29, 0.717) is 28.9 Å². The predicted molar refractivity (Wildman–Crippen MR) is 133 cm³/mol. The van der Waals surface area contributed by atoms with Gasteiger partial charge in [0.05, 0.1) is 5.52 Å². The number of halogens is 5. The lowest BCUT2D eigenvalue weighted by atomic mass is 9.93. The number of H-pyrrole nitrogens is 1. The molecule has 9 nitrogen and oxygen atoms in total. The van der Waals surface area contributed by atoms with Crippen LogP contribution in [0.3, 0.4) is 0 Å². The van der Waals surface area contributed by atoms with Crippen molar-refractivity contribution in [2.24, 2.45) is 0 Å². The highest BCUT2D eigenvalue weighted by Crippen LogP contribution is 2.32. The number of aromatic nitrogens is 3. The number of carbonyl (C=O) groups excluding carboxylic acids is 2. The zero-order valence-electron chi connectivity index (χ0n) is 23.0. The van der Waals surface area contributed by atoms with Crippen molar-refractivity contribution in [2.75, 3.05) is 26.2 Å². The lowest BCUT2D eigenvalue weighted by Gasteiger charge is -2.34. The molecule has 2 aromatic heterocycles. The molecule has 2 fully saturated rings. The first-order valence-electron chi connectivity index (χ1n) is 13.7. The molecule has 2 aliphatic heterocycles. The maximum absolute atomic E-state index is 14.6. The number of hydrogen-bond donors (Lipinski definition) is 2. The Balaban J connectivity index is 1.34. The van der Waals surface area contributed by atoms with Crippen LogP contribution in [0, 0.1) is 11.6 Å². The van der Waals surface area contributed by atoms with Crippen LogP contribution < -0.4 is 11.0 Å². The van der Waals surface area contributed by atoms with Crippen LogP contribution in [0.25, 0.3) is 11.2 Å². The molecule has 0 unspecified atom stereocenters. The predicted octanol–water partition coefficient (Wildman–Crippen LogP) is 3.69. The summed E-state index contributed by atoms with van der Waals surface area (Å²) >= 11 is 0. The lowest BCUT2D eigenvalue weighted by Crippen LogP contribution is -2.54. The number of pyridine rings is 1. The van der Waals surface area contributed by atoms with Gasteiger partial charge in [0.2, 0.25) is 5.91 Å². The van der Waals surface area contributed by atoms with Crippen LogP contribution in [0.2, 0.25) is 0 Å². The normalized spacial score (nSPS) is 23.1. The summed E-state index contributed by atoms with van der Waals surface area (Å²) in [4.78, 5) is 47.4. The van der Waals surface area contributed by atoms with Crippen LogP contribution >= 0.6 is 0 Å². The Labute approximate surface area is 227 Å². The third-order valence-electron chi connectivity index (χ3n) is 7.23. The van der Waals surface area contributed by atoms with E-state index in [4.69, 9.17) is 2.74 Å². The number of imidazole rings is 1. The van der Waals surface area contributed by atoms with Crippen molar-refractivity contribution in [2.45, 2.75) is 49.8 Å². The van der Waals surface area contributed by atoms with Gasteiger partial charge < -0.3 is 15.1 Å². The van der Waals surface area contributed by atoms with E-state index < -0.39 is 67.6 Å². The quantitative estimate of drug-likeness (QED) is 0.469. The van der Waals surface area contributed by atoms with Gasteiger partial charge in [0.1, 0.15) is 12.6 Å². The molecular formula is C26H27F5N6O3. The second kappa shape index (κ2) is 10.9. The van der Waals surface area contributed by atoms with Crippen LogP contribution in [0.1, 0.15) is 45.9 Å². The Kier molecular flexibility index (Phi) is 6.81. The van der Waals surface area contributed by atoms with Crippen LogP contribution in [-0.4, -0.2) is 74.7 Å². The highest BCUT2D eigenvalue weighted by atomic mass is 19.4. The monoisotopic (exact) mass is 568 g/mol. The summed E-state index contributed by atoms with van der Waals surface area (Å²) in [5.41, 5.74) is 0.279. The average Bonchev–Trinajstić information content (AvgIpc) is 3.22. The van der Waals surface area contributed by atoms with E-state index in [-0.39, 0.29) is 30.4 Å². The largest absolute Gasteiger partial charge is 0.406 e. The fourth-order valence-corrected chi connectivity index (χ4v) is 5.33. The van der Waals surface area contributed by atoms with Crippen LogP contribution in [0.5, 0.6) is 0 Å². The summed E-state index contributed by atoms with van der Waals surface area (Å²) in [6.07, 6.45) is -5.93. The van der Waals surface area contributed by atoms with Gasteiger partial charge in [-0.05, 0) is 49.4 Å². The van der Waals surface area contributed by atoms with Crippen LogP contribution in [0.15, 0.2) is 41.3 Å². The van der Waals surface area contributed by atoms with Crippen molar-refractivity contribution in [1.29, 1.82) is 0 Å². The molecule has 0 aliphatic carbocycles. The van der Waals surface area contributed by atoms with Gasteiger partial charge in [-0.2, -0.15) is 13.2 Å². The van der Waals surface area contributed by atoms with Gasteiger partial charge in [0.15, 0.2) is 17.3 Å². The van der Waals surface area contributed by atoms with Crippen molar-refractivity contribution in [1.82, 2.24) is 29.7 Å². The second-order valence-corrected chi connectivity index (χ2v) is 9.85. The van der Waals surface area contributed by atoms with Gasteiger partial charge in [0, 0.05) is 40.5 Å². The van der Waals surface area contributed by atoms with E-state index in [9.17, 15) is 36.3 Å². The molecule has 2 atom stereocenters. The highest BCUT2D eigenvalue weighted by Gasteiger charge is 2.40. The minimum Gasteiger partial charge on any atom is -0.331 e. The van der Waals surface area contributed by atoms with E-state index in [1.54, 1.807) is 16.7 Å². The summed E-state index contributed by atoms with van der Waals surface area (Å²) in [6, 6.07) is 3.34. The van der Waals surface area contributed by atoms with E-state index >= 15 is 0 Å². The van der Waals surface area contributed by atoms with Gasteiger partial charge in [-0.15, -0.1) is 0 Å². The number of amides is 3. The third-order valence-corrected chi connectivity index (χ3v) is 7.23. The van der Waals surface area contributed by atoms with Gasteiger partial charge in [-0.1, -0.05) is 12.1 Å². The first-order valence-corrected chi connectivity index (χ1v) is 12.7. The molecule has 2 aliphatic rings. The fraction of sp³-hybridized carbons (Fsp3) is 0.462. The maximum Gasteiger partial charge on any atom is 0.406 e. The van der Waals surface area contributed by atoms with E-state index in [1.807, 2.05) is 0 Å². The summed E-state index contributed by atoms with van der Waals surface area (Å²) < 4.78 is 87.5. The summed E-state index contributed by atoms with van der Waals surface area (Å²) in [5, 5.41) is 2.27. The zero-order valence-corrected chi connectivity index (χ0v) is 21.0. The van der Waals surface area contributed by atoms with Crippen LogP contribution in [0.4, 0.5) is 26.7 Å². The molecule has 0 saturated carbocycles. The SMILES string of the molecule is [2H]C1([2H])C[C@@H](c2cccc(F)c2F)CN(CC(F)(F)F)C(=O)[C@@H]1NC(=O)N1CCC(n2c(=O)[nH]c3ncccc32)CC1. The molecule has 3 amide bonds. The molecule has 40 heavy (non-hydrogen) atoms. The first-order chi connectivity index (χ1) is 19.7. The van der Waals surface area contributed by atoms with Crippen LogP contribution in [-0.2, 0) is 4.79 Å². The van der Waals surface area contributed by atoms with Crippen molar-refractivity contribution in [3.63, 3.8) is 0 Å². The van der Waals surface area contributed by atoms with Crippen molar-refractivity contribution < 1.29 is 34.3 Å². The smallest absolute Gasteiger partial charge is 0.331 e. The van der Waals surface area contributed by atoms with Crippen molar-refractivity contribution in [3.8, 4) is 0 Å². The Morgan fingerprint density at radius 1 is 1.12 bits per heavy atom. The van der Waals surface area contributed by atoms with Crippen molar-refractivity contribution >= 4 is 23.1 Å². The number of benzene rings is 1. The number of carbonyl (C=O) groups is 2. The Morgan fingerprint density at radius 2 is 1.88 bits per heavy atom. The number of fused-ring (bicyclic) bond motifs is 1. The zero-order chi connectivity index (χ0) is 30.4. The number of alkyl halides is 3. The lowest BCUT2D eigenvalue weighted by molar-refractivity contribution is -0.162. The minimum atomic E-state index is -4.87. The molecule has 0 radical (unpaired) electrons. The van der Waals surface area contributed by atoms with E-state index in [2.05, 4.69) is 15.3 Å². The molecule has 1 aromatic carbocycles. The Hall–Kier alpha value is -3.97. The third kappa shape index (κ3) is 5.65. The fourth-order valence-electron chi connectivity index (χ4n) is 5.33. The number of rotatable bonds is 4. The number of nitrogens with zero attached hydrogens (tertiary/aromatic N) is 4. The molecule has 2 N–H and O–H groups in total. The van der Waals surface area contributed by atoms with Gasteiger partial charge in [0.25, 0.3) is 0 Å². The van der Waals surface area contributed by atoms with E-state index in [1.165, 1.54) is 11.1 Å². The van der Waals surface area contributed by atoms with Crippen molar-refractivity contribution in [3.05, 3.63) is 64.2 Å². The molecule has 3 aromatic rings. The summed E-state index contributed by atoms with van der Waals surface area (Å²) in [7, 11) is 0. The topological polar surface area (TPSA) is 103 Å². The molecule has 0 bridgehead atoms. The number of aromatic amines is 1. The van der Waals surface area contributed by atoms with Gasteiger partial charge >= 0.3 is 17.9 Å². The molecule has 214 valence electrons. The molecule has 5 rings (SSSR count). The molecule has 2 saturated heterocycles. The Morgan fingerprint density at radius 3 is 2.60 bits per heavy atom. The maximum atomic E-state index is 14.6. The molecular weight excluding hydrogens is 539 g/mol. The molecule has 14 heteroatoms. The number of hydrogen-bond acceptors (Lipinski definition) is 4. The van der Waals surface area contributed by atoms with Gasteiger partial charge in [-0.25, -0.2) is 23.4 Å². The summed E-state index contributed by atoms with van der Waals surface area (Å²) in [5.74, 6) is -5.24.